The van der Waals surface area contributed by atoms with E-state index in [1.165, 1.54) is 0 Å². The summed E-state index contributed by atoms with van der Waals surface area (Å²) < 4.78 is 0. The third kappa shape index (κ3) is 4.03. The van der Waals surface area contributed by atoms with Gasteiger partial charge in [0.25, 0.3) is 0 Å². The lowest BCUT2D eigenvalue weighted by molar-refractivity contribution is 0.0696. The Morgan fingerprint density at radius 2 is 1.78 bits per heavy atom. The first kappa shape index (κ1) is 15.8. The number of anilines is 1. The molecule has 0 aliphatic carbocycles. The molecule has 0 aromatic heterocycles. The Kier molecular flexibility index (Phi) is 4.84. The van der Waals surface area contributed by atoms with Crippen molar-refractivity contribution in [3.8, 4) is 0 Å². The number of carboxylic acids is 1. The van der Waals surface area contributed by atoms with Gasteiger partial charge in [0.05, 0.1) is 5.56 Å². The van der Waals surface area contributed by atoms with E-state index in [9.17, 15) is 4.79 Å². The molecule has 120 valence electrons. The second-order valence-corrected chi connectivity index (χ2v) is 6.19. The Morgan fingerprint density at radius 3 is 2.48 bits per heavy atom. The minimum Gasteiger partial charge on any atom is -0.478 e. The minimum atomic E-state index is -0.877. The maximum Gasteiger partial charge on any atom is 0.335 e. The van der Waals surface area contributed by atoms with Crippen LogP contribution >= 0.6 is 11.6 Å². The van der Waals surface area contributed by atoms with Gasteiger partial charge in [-0.25, -0.2) is 4.79 Å². The predicted octanol–water partition coefficient (Wildman–Crippen LogP) is 3.36. The van der Waals surface area contributed by atoms with Crippen LogP contribution in [-0.4, -0.2) is 42.2 Å². The molecule has 0 spiro atoms. The fourth-order valence-corrected chi connectivity index (χ4v) is 3.08. The molecule has 0 bridgehead atoms. The molecular weight excluding hydrogens is 312 g/mol. The fraction of sp³-hybridized carbons (Fsp3) is 0.278. The molecule has 0 saturated carbocycles. The number of carboxylic acid groups (broad SMARTS) is 1. The van der Waals surface area contributed by atoms with Gasteiger partial charge in [-0.05, 0) is 35.9 Å². The zero-order valence-corrected chi connectivity index (χ0v) is 13.5. The summed E-state index contributed by atoms with van der Waals surface area (Å²) in [7, 11) is 0. The van der Waals surface area contributed by atoms with Crippen molar-refractivity contribution < 1.29 is 9.90 Å². The quantitative estimate of drug-likeness (QED) is 0.933. The van der Waals surface area contributed by atoms with Gasteiger partial charge in [0.15, 0.2) is 0 Å². The van der Waals surface area contributed by atoms with Gasteiger partial charge in [-0.15, -0.1) is 0 Å². The van der Waals surface area contributed by atoms with Gasteiger partial charge in [0.2, 0.25) is 0 Å². The number of nitrogens with zero attached hydrogens (tertiary/aromatic N) is 2. The van der Waals surface area contributed by atoms with Crippen LogP contribution in [0.4, 0.5) is 5.69 Å². The van der Waals surface area contributed by atoms with Crippen LogP contribution < -0.4 is 4.90 Å². The maximum absolute atomic E-state index is 11.0. The molecule has 0 unspecified atom stereocenters. The van der Waals surface area contributed by atoms with Crippen molar-refractivity contribution in [2.45, 2.75) is 6.54 Å². The molecule has 0 radical (unpaired) electrons. The third-order valence-electron chi connectivity index (χ3n) is 4.13. The van der Waals surface area contributed by atoms with E-state index in [1.807, 2.05) is 24.3 Å². The lowest BCUT2D eigenvalue weighted by atomic mass is 10.1. The number of benzene rings is 2. The van der Waals surface area contributed by atoms with Gasteiger partial charge in [0, 0.05) is 43.4 Å². The summed E-state index contributed by atoms with van der Waals surface area (Å²) >= 11 is 6.06. The van der Waals surface area contributed by atoms with Crippen LogP contribution in [0, 0.1) is 0 Å². The van der Waals surface area contributed by atoms with Crippen molar-refractivity contribution in [2.75, 3.05) is 31.1 Å². The molecule has 2 aromatic rings. The van der Waals surface area contributed by atoms with Gasteiger partial charge in [0.1, 0.15) is 0 Å². The molecule has 5 heteroatoms. The topological polar surface area (TPSA) is 43.8 Å². The molecule has 0 amide bonds. The van der Waals surface area contributed by atoms with Crippen molar-refractivity contribution >= 4 is 23.3 Å². The summed E-state index contributed by atoms with van der Waals surface area (Å²) in [5.41, 5.74) is 2.55. The van der Waals surface area contributed by atoms with Crippen LogP contribution in [0.2, 0.25) is 5.02 Å². The minimum absolute atomic E-state index is 0.347. The highest BCUT2D eigenvalue weighted by Gasteiger charge is 2.17. The van der Waals surface area contributed by atoms with Crippen molar-refractivity contribution in [3.63, 3.8) is 0 Å². The van der Waals surface area contributed by atoms with Crippen LogP contribution in [-0.2, 0) is 6.54 Å². The van der Waals surface area contributed by atoms with Gasteiger partial charge < -0.3 is 10.0 Å². The number of rotatable bonds is 4. The van der Waals surface area contributed by atoms with E-state index in [1.54, 1.807) is 18.2 Å². The second kappa shape index (κ2) is 7.02. The normalized spacial score (nSPS) is 15.6. The van der Waals surface area contributed by atoms with E-state index in [2.05, 4.69) is 15.9 Å². The first-order valence-corrected chi connectivity index (χ1v) is 8.05. The van der Waals surface area contributed by atoms with E-state index in [0.29, 0.717) is 5.56 Å². The van der Waals surface area contributed by atoms with E-state index in [0.717, 1.165) is 49.0 Å². The van der Waals surface area contributed by atoms with Gasteiger partial charge in [-0.2, -0.15) is 0 Å². The average molecular weight is 331 g/mol. The van der Waals surface area contributed by atoms with Crippen LogP contribution in [0.15, 0.2) is 48.5 Å². The molecule has 1 heterocycles. The van der Waals surface area contributed by atoms with Crippen molar-refractivity contribution in [1.82, 2.24) is 4.90 Å². The van der Waals surface area contributed by atoms with E-state index in [-0.39, 0.29) is 0 Å². The summed E-state index contributed by atoms with van der Waals surface area (Å²) in [6.07, 6.45) is 0. The Bertz CT molecular complexity index is 697. The monoisotopic (exact) mass is 330 g/mol. The molecule has 2 aromatic carbocycles. The molecule has 4 nitrogen and oxygen atoms in total. The summed E-state index contributed by atoms with van der Waals surface area (Å²) in [4.78, 5) is 15.7. The molecular formula is C18H19ClN2O2. The Morgan fingerprint density at radius 1 is 1.04 bits per heavy atom. The number of halogens is 1. The molecule has 1 saturated heterocycles. The second-order valence-electron chi connectivity index (χ2n) is 5.75. The smallest absolute Gasteiger partial charge is 0.335 e. The molecule has 1 aliphatic heterocycles. The standard InChI is InChI=1S/C18H19ClN2O2/c19-16-5-2-6-17(12-16)21-9-7-20(8-10-21)13-14-3-1-4-15(11-14)18(22)23/h1-6,11-12H,7-10,13H2,(H,22,23). The Labute approximate surface area is 140 Å². The first-order chi connectivity index (χ1) is 11.1. The largest absolute Gasteiger partial charge is 0.478 e. The number of aromatic carboxylic acids is 1. The van der Waals surface area contributed by atoms with Crippen molar-refractivity contribution in [2.24, 2.45) is 0 Å². The van der Waals surface area contributed by atoms with Crippen LogP contribution in [0.25, 0.3) is 0 Å². The first-order valence-electron chi connectivity index (χ1n) is 7.67. The van der Waals surface area contributed by atoms with Gasteiger partial charge in [-0.1, -0.05) is 29.8 Å². The lowest BCUT2D eigenvalue weighted by Crippen LogP contribution is -2.45. The summed E-state index contributed by atoms with van der Waals surface area (Å²) in [5.74, 6) is -0.877. The maximum atomic E-state index is 11.0. The van der Waals surface area contributed by atoms with E-state index in [4.69, 9.17) is 16.7 Å². The van der Waals surface area contributed by atoms with Crippen LogP contribution in [0.5, 0.6) is 0 Å². The predicted molar refractivity (Wildman–Crippen MR) is 92.3 cm³/mol. The molecule has 1 N–H and O–H groups in total. The van der Waals surface area contributed by atoms with Crippen LogP contribution in [0.1, 0.15) is 15.9 Å². The SMILES string of the molecule is O=C(O)c1cccc(CN2CCN(c3cccc(Cl)c3)CC2)c1. The highest BCUT2D eigenvalue weighted by atomic mass is 35.5. The molecule has 23 heavy (non-hydrogen) atoms. The molecule has 0 atom stereocenters. The highest BCUT2D eigenvalue weighted by Crippen LogP contribution is 2.21. The third-order valence-corrected chi connectivity index (χ3v) is 4.36. The molecule has 1 fully saturated rings. The van der Waals surface area contributed by atoms with Crippen molar-refractivity contribution in [3.05, 3.63) is 64.7 Å². The fourth-order valence-electron chi connectivity index (χ4n) is 2.90. The lowest BCUT2D eigenvalue weighted by Gasteiger charge is -2.36. The zero-order valence-electron chi connectivity index (χ0n) is 12.8. The summed E-state index contributed by atoms with van der Waals surface area (Å²) in [6.45, 7) is 4.57. The van der Waals surface area contributed by atoms with Crippen molar-refractivity contribution in [1.29, 1.82) is 0 Å². The number of hydrogen-bond acceptors (Lipinski definition) is 3. The Balaban J connectivity index is 1.59. The number of hydrogen-bond donors (Lipinski definition) is 1. The van der Waals surface area contributed by atoms with Crippen LogP contribution in [0.3, 0.4) is 0 Å². The summed E-state index contributed by atoms with van der Waals surface area (Å²) in [6, 6.07) is 15.1. The number of carbonyl (C=O) groups is 1. The Hall–Kier alpha value is -2.04. The number of piperazine rings is 1. The average Bonchev–Trinajstić information content (AvgIpc) is 2.56. The molecule has 3 rings (SSSR count). The van der Waals surface area contributed by atoms with E-state index < -0.39 is 5.97 Å². The zero-order chi connectivity index (χ0) is 16.2. The summed E-state index contributed by atoms with van der Waals surface area (Å²) in [5, 5.41) is 9.83. The molecule has 1 aliphatic rings. The van der Waals surface area contributed by atoms with E-state index >= 15 is 0 Å². The van der Waals surface area contributed by atoms with Gasteiger partial charge in [-0.3, -0.25) is 4.90 Å². The highest BCUT2D eigenvalue weighted by molar-refractivity contribution is 6.30. The van der Waals surface area contributed by atoms with Gasteiger partial charge >= 0.3 is 5.97 Å².